The highest BCUT2D eigenvalue weighted by Crippen LogP contribution is 2.43. The van der Waals surface area contributed by atoms with Crippen LogP contribution in [-0.4, -0.2) is 22.6 Å². The fourth-order valence-electron chi connectivity index (χ4n) is 1.52. The Hall–Kier alpha value is -1.42. The summed E-state index contributed by atoms with van der Waals surface area (Å²) in [6.07, 6.45) is 0. The molecule has 0 saturated heterocycles. The van der Waals surface area contributed by atoms with E-state index in [2.05, 4.69) is 0 Å². The Labute approximate surface area is 92.1 Å². The molecular weight excluding hydrogens is 220 g/mol. The molecule has 2 N–H and O–H groups in total. The first-order chi connectivity index (χ1) is 6.91. The number of hydrogen-bond acceptors (Lipinski definition) is 4. The molecule has 0 atom stereocenters. The van der Waals surface area contributed by atoms with E-state index in [-0.39, 0.29) is 28.4 Å². The van der Waals surface area contributed by atoms with Crippen LogP contribution in [0.15, 0.2) is 0 Å². The van der Waals surface area contributed by atoms with Gasteiger partial charge in [0, 0.05) is 16.7 Å². The van der Waals surface area contributed by atoms with Crippen LogP contribution < -0.4 is 4.74 Å². The second kappa shape index (κ2) is 3.98. The molecule has 0 aliphatic carbocycles. The topological polar surface area (TPSA) is 66.8 Å². The fraction of sp³-hybridized carbons (Fsp3) is 0.300. The van der Waals surface area contributed by atoms with Gasteiger partial charge in [-0.15, -0.1) is 0 Å². The predicted octanol–water partition coefficient (Wildman–Crippen LogP) is 2.10. The molecule has 4 nitrogen and oxygen atoms in total. The van der Waals surface area contributed by atoms with Crippen molar-refractivity contribution in [3.63, 3.8) is 0 Å². The third-order valence-electron chi connectivity index (χ3n) is 2.29. The highest BCUT2D eigenvalue weighted by atomic mass is 35.5. The van der Waals surface area contributed by atoms with Crippen LogP contribution in [-0.2, 0) is 0 Å². The van der Waals surface area contributed by atoms with Crippen molar-refractivity contribution >= 4 is 16.8 Å². The minimum Gasteiger partial charge on any atom is -0.504 e. The first kappa shape index (κ1) is 11.7. The van der Waals surface area contributed by atoms with E-state index >= 15 is 0 Å². The van der Waals surface area contributed by atoms with Gasteiger partial charge in [0.05, 0.1) is 7.11 Å². The third-order valence-corrected chi connectivity index (χ3v) is 2.47. The van der Waals surface area contributed by atoms with Crippen molar-refractivity contribution in [3.05, 3.63) is 16.7 Å². The van der Waals surface area contributed by atoms with E-state index in [9.17, 15) is 15.0 Å². The lowest BCUT2D eigenvalue weighted by Gasteiger charge is -2.14. The molecule has 5 heteroatoms. The molecule has 1 aromatic carbocycles. The summed E-state index contributed by atoms with van der Waals surface area (Å²) in [6, 6.07) is 0. The molecule has 0 aromatic heterocycles. The molecule has 0 aliphatic heterocycles. The predicted molar refractivity (Wildman–Crippen MR) is 56.0 cm³/mol. The number of phenols is 2. The van der Waals surface area contributed by atoms with E-state index in [0.29, 0.717) is 5.56 Å². The zero-order valence-corrected chi connectivity index (χ0v) is 9.34. The second-order valence-corrected chi connectivity index (χ2v) is 3.47. The lowest BCUT2D eigenvalue weighted by atomic mass is 10.0. The summed E-state index contributed by atoms with van der Waals surface area (Å²) in [5, 5.41) is 18.4. The maximum Gasteiger partial charge on any atom is 0.253 e. The van der Waals surface area contributed by atoms with E-state index in [1.165, 1.54) is 14.0 Å². The zero-order chi connectivity index (χ0) is 11.7. The van der Waals surface area contributed by atoms with Crippen LogP contribution in [0.4, 0.5) is 0 Å². The molecule has 1 rings (SSSR count). The number of ether oxygens (including phenoxy) is 1. The molecule has 15 heavy (non-hydrogen) atoms. The van der Waals surface area contributed by atoms with E-state index < -0.39 is 5.24 Å². The molecule has 82 valence electrons. The number of methoxy groups -OCH3 is 1. The number of carbonyl (C=O) groups excluding carboxylic acids is 1. The summed E-state index contributed by atoms with van der Waals surface area (Å²) < 4.78 is 4.88. The molecule has 0 aliphatic rings. The van der Waals surface area contributed by atoms with E-state index in [1.807, 2.05) is 0 Å². The van der Waals surface area contributed by atoms with Crippen LogP contribution in [0, 0.1) is 13.8 Å². The number of rotatable bonds is 2. The van der Waals surface area contributed by atoms with Gasteiger partial charge in [-0.25, -0.2) is 0 Å². The number of hydrogen-bond donors (Lipinski definition) is 2. The maximum absolute atomic E-state index is 11.1. The van der Waals surface area contributed by atoms with Gasteiger partial charge in [0.25, 0.3) is 5.24 Å². The summed E-state index contributed by atoms with van der Waals surface area (Å²) >= 11 is 5.38. The zero-order valence-electron chi connectivity index (χ0n) is 8.59. The van der Waals surface area contributed by atoms with Crippen LogP contribution in [0.3, 0.4) is 0 Å². The van der Waals surface area contributed by atoms with E-state index in [4.69, 9.17) is 16.3 Å². The molecule has 0 radical (unpaired) electrons. The Kier molecular flexibility index (Phi) is 3.09. The van der Waals surface area contributed by atoms with Gasteiger partial charge in [0.15, 0.2) is 11.5 Å². The smallest absolute Gasteiger partial charge is 0.253 e. The molecular formula is C10H11ClO4. The summed E-state index contributed by atoms with van der Waals surface area (Å²) in [5.74, 6) is -0.710. The van der Waals surface area contributed by atoms with E-state index in [0.717, 1.165) is 0 Å². The molecule has 0 fully saturated rings. The van der Waals surface area contributed by atoms with Crippen LogP contribution in [0.5, 0.6) is 17.2 Å². The molecule has 1 aromatic rings. The Bertz CT molecular complexity index is 426. The van der Waals surface area contributed by atoms with Gasteiger partial charge in [-0.3, -0.25) is 4.79 Å². The molecule has 0 bridgehead atoms. The van der Waals surface area contributed by atoms with Crippen LogP contribution >= 0.6 is 11.6 Å². The summed E-state index contributed by atoms with van der Waals surface area (Å²) in [6.45, 7) is 3.08. The Morgan fingerprint density at radius 1 is 1.20 bits per heavy atom. The van der Waals surface area contributed by atoms with Gasteiger partial charge in [0.1, 0.15) is 0 Å². The lowest BCUT2D eigenvalue weighted by molar-refractivity contribution is 0.107. The number of phenolic OH excluding ortho intramolecular Hbond substituents is 2. The third kappa shape index (κ3) is 1.72. The Morgan fingerprint density at radius 3 is 2.13 bits per heavy atom. The standard InChI is InChI=1S/C10H11ClO4/c1-4-6(10(11)14)5(2)9(15-3)8(13)7(4)12/h12-13H,1-3H3. The molecule has 0 spiro atoms. The van der Waals surface area contributed by atoms with Gasteiger partial charge in [-0.05, 0) is 25.4 Å². The van der Waals surface area contributed by atoms with Crippen LogP contribution in [0.25, 0.3) is 0 Å². The van der Waals surface area contributed by atoms with Crippen molar-refractivity contribution < 1.29 is 19.7 Å². The molecule has 0 amide bonds. The van der Waals surface area contributed by atoms with Gasteiger partial charge in [-0.2, -0.15) is 0 Å². The highest BCUT2D eigenvalue weighted by Gasteiger charge is 2.22. The first-order valence-electron chi connectivity index (χ1n) is 4.20. The first-order valence-corrected chi connectivity index (χ1v) is 4.58. The SMILES string of the molecule is COc1c(C)c(C(=O)Cl)c(C)c(O)c1O. The fourth-order valence-corrected chi connectivity index (χ4v) is 1.80. The van der Waals surface area contributed by atoms with Crippen molar-refractivity contribution in [2.45, 2.75) is 13.8 Å². The second-order valence-electron chi connectivity index (χ2n) is 3.13. The van der Waals surface area contributed by atoms with Gasteiger partial charge in [0.2, 0.25) is 5.75 Å². The van der Waals surface area contributed by atoms with Crippen LogP contribution in [0.2, 0.25) is 0 Å². The average Bonchev–Trinajstić information content (AvgIpc) is 2.15. The monoisotopic (exact) mass is 230 g/mol. The maximum atomic E-state index is 11.1. The van der Waals surface area contributed by atoms with Crippen molar-refractivity contribution in [2.75, 3.05) is 7.11 Å². The summed E-state index contributed by atoms with van der Waals surface area (Å²) in [7, 11) is 1.33. The van der Waals surface area contributed by atoms with Crippen LogP contribution in [0.1, 0.15) is 21.5 Å². The number of carbonyl (C=O) groups is 1. The quantitative estimate of drug-likeness (QED) is 0.603. The van der Waals surface area contributed by atoms with Crippen molar-refractivity contribution in [1.29, 1.82) is 0 Å². The Morgan fingerprint density at radius 2 is 1.73 bits per heavy atom. The van der Waals surface area contributed by atoms with Gasteiger partial charge >= 0.3 is 0 Å². The molecule has 0 heterocycles. The summed E-state index contributed by atoms with van der Waals surface area (Å²) in [5.41, 5.74) is 0.805. The lowest BCUT2D eigenvalue weighted by Crippen LogP contribution is -2.01. The Balaban J connectivity index is 3.68. The van der Waals surface area contributed by atoms with E-state index in [1.54, 1.807) is 6.92 Å². The van der Waals surface area contributed by atoms with Gasteiger partial charge < -0.3 is 14.9 Å². The number of aromatic hydroxyl groups is 2. The average molecular weight is 231 g/mol. The number of halogens is 1. The minimum atomic E-state index is -0.696. The summed E-state index contributed by atoms with van der Waals surface area (Å²) in [4.78, 5) is 11.1. The van der Waals surface area contributed by atoms with Crippen molar-refractivity contribution in [3.8, 4) is 17.2 Å². The van der Waals surface area contributed by atoms with Crippen molar-refractivity contribution in [2.24, 2.45) is 0 Å². The largest absolute Gasteiger partial charge is 0.504 e. The highest BCUT2D eigenvalue weighted by molar-refractivity contribution is 6.68. The molecule has 0 saturated carbocycles. The minimum absolute atomic E-state index is 0.0575. The number of benzene rings is 1. The normalized spacial score (nSPS) is 10.1. The van der Waals surface area contributed by atoms with Gasteiger partial charge in [-0.1, -0.05) is 0 Å². The molecule has 0 unspecified atom stereocenters. The van der Waals surface area contributed by atoms with Crippen molar-refractivity contribution in [1.82, 2.24) is 0 Å².